The van der Waals surface area contributed by atoms with E-state index in [-0.39, 0.29) is 36.6 Å². The van der Waals surface area contributed by atoms with Crippen LogP contribution in [0.25, 0.3) is 0 Å². The second kappa shape index (κ2) is 8.23. The van der Waals surface area contributed by atoms with Crippen molar-refractivity contribution < 1.29 is 23.9 Å². The summed E-state index contributed by atoms with van der Waals surface area (Å²) in [5.74, 6) is -0.797. The number of ether oxygens (including phenoxy) is 1. The van der Waals surface area contributed by atoms with Crippen molar-refractivity contribution in [2.24, 2.45) is 0 Å². The maximum Gasteiger partial charge on any atom is 0.415 e. The van der Waals surface area contributed by atoms with E-state index >= 15 is 0 Å². The van der Waals surface area contributed by atoms with Gasteiger partial charge in [-0.2, -0.15) is 0 Å². The summed E-state index contributed by atoms with van der Waals surface area (Å²) < 4.78 is 5.54. The first-order chi connectivity index (χ1) is 15.9. The Balaban J connectivity index is 1.21. The molecule has 1 atom stereocenters. The Kier molecular flexibility index (Phi) is 5.24. The maximum atomic E-state index is 12.9. The van der Waals surface area contributed by atoms with E-state index in [9.17, 15) is 19.2 Å². The average molecular weight is 448 g/mol. The molecule has 5 rings (SSSR count). The Hall–Kier alpha value is -3.88. The number of carbonyl (C=O) groups excluding carboxylic acids is 4. The van der Waals surface area contributed by atoms with E-state index in [1.165, 1.54) is 4.90 Å². The minimum atomic E-state index is -0.675. The van der Waals surface area contributed by atoms with Gasteiger partial charge in [0.05, 0.1) is 6.04 Å². The highest BCUT2D eigenvalue weighted by Crippen LogP contribution is 2.30. The Morgan fingerprint density at radius 2 is 1.85 bits per heavy atom. The Labute approximate surface area is 190 Å². The fraction of sp³-hybridized carbons (Fsp3) is 0.333. The molecular formula is C24H24N4O5. The van der Waals surface area contributed by atoms with Crippen molar-refractivity contribution in [3.05, 3.63) is 59.7 Å². The van der Waals surface area contributed by atoms with Crippen molar-refractivity contribution in [3.8, 4) is 5.75 Å². The molecule has 0 aliphatic carbocycles. The third kappa shape index (κ3) is 3.90. The minimum Gasteiger partial charge on any atom is -0.410 e. The highest BCUT2D eigenvalue weighted by Gasteiger charge is 2.39. The molecule has 0 radical (unpaired) electrons. The molecule has 2 aromatic rings. The highest BCUT2D eigenvalue weighted by molar-refractivity contribution is 6.05. The molecule has 0 aromatic heterocycles. The number of nitrogens with zero attached hydrogens (tertiary/aromatic N) is 3. The van der Waals surface area contributed by atoms with Crippen molar-refractivity contribution >= 4 is 29.5 Å². The van der Waals surface area contributed by atoms with Crippen LogP contribution < -0.4 is 15.0 Å². The largest absolute Gasteiger partial charge is 0.415 e. The van der Waals surface area contributed by atoms with Crippen LogP contribution in [-0.4, -0.2) is 65.8 Å². The van der Waals surface area contributed by atoms with E-state index in [0.29, 0.717) is 12.0 Å². The number of piperidine rings is 1. The molecule has 2 aromatic carbocycles. The summed E-state index contributed by atoms with van der Waals surface area (Å²) in [4.78, 5) is 54.4. The Morgan fingerprint density at radius 3 is 2.58 bits per heavy atom. The van der Waals surface area contributed by atoms with Gasteiger partial charge in [-0.05, 0) is 36.2 Å². The van der Waals surface area contributed by atoms with Gasteiger partial charge in [0, 0.05) is 44.4 Å². The summed E-state index contributed by atoms with van der Waals surface area (Å²) in [7, 11) is 1.71. The van der Waals surface area contributed by atoms with Gasteiger partial charge >= 0.3 is 6.09 Å². The van der Waals surface area contributed by atoms with Gasteiger partial charge in [0.2, 0.25) is 11.8 Å². The number of nitrogens with one attached hydrogen (secondary N) is 1. The van der Waals surface area contributed by atoms with E-state index in [0.717, 1.165) is 24.3 Å². The highest BCUT2D eigenvalue weighted by atomic mass is 16.6. The summed E-state index contributed by atoms with van der Waals surface area (Å²) in [6.07, 6.45) is 0.0210. The van der Waals surface area contributed by atoms with Crippen molar-refractivity contribution in [2.45, 2.75) is 31.5 Å². The molecule has 3 heterocycles. The topological polar surface area (TPSA) is 99.3 Å². The van der Waals surface area contributed by atoms with Crippen LogP contribution in [0.3, 0.4) is 0 Å². The first kappa shape index (κ1) is 21.0. The molecule has 2 saturated heterocycles. The lowest BCUT2D eigenvalue weighted by Crippen LogP contribution is -2.60. The van der Waals surface area contributed by atoms with E-state index in [4.69, 9.17) is 4.74 Å². The van der Waals surface area contributed by atoms with Gasteiger partial charge in [-0.15, -0.1) is 0 Å². The van der Waals surface area contributed by atoms with E-state index in [1.54, 1.807) is 30.1 Å². The second-order valence-electron chi connectivity index (χ2n) is 8.59. The molecule has 1 unspecified atom stereocenters. The number of carbonyl (C=O) groups is 4. The number of imide groups is 1. The zero-order valence-electron chi connectivity index (χ0n) is 18.2. The van der Waals surface area contributed by atoms with Gasteiger partial charge in [-0.1, -0.05) is 24.3 Å². The average Bonchev–Trinajstić information content (AvgIpc) is 3.09. The predicted octanol–water partition coefficient (Wildman–Crippen LogP) is 1.77. The van der Waals surface area contributed by atoms with Gasteiger partial charge in [-0.25, -0.2) is 4.79 Å². The van der Waals surface area contributed by atoms with Gasteiger partial charge in [0.1, 0.15) is 11.8 Å². The van der Waals surface area contributed by atoms with Gasteiger partial charge in [0.15, 0.2) is 0 Å². The molecule has 0 saturated carbocycles. The second-order valence-corrected chi connectivity index (χ2v) is 8.59. The van der Waals surface area contributed by atoms with Crippen LogP contribution in [-0.2, 0) is 16.1 Å². The monoisotopic (exact) mass is 448 g/mol. The molecule has 4 amide bonds. The third-order valence-electron chi connectivity index (χ3n) is 6.52. The molecule has 3 aliphatic rings. The van der Waals surface area contributed by atoms with Crippen LogP contribution in [0.2, 0.25) is 0 Å². The van der Waals surface area contributed by atoms with Crippen molar-refractivity contribution in [2.75, 3.05) is 25.0 Å². The lowest BCUT2D eigenvalue weighted by Gasteiger charge is -2.44. The molecule has 3 aliphatic heterocycles. The predicted molar refractivity (Wildman–Crippen MR) is 119 cm³/mol. The van der Waals surface area contributed by atoms with Crippen LogP contribution in [0, 0.1) is 0 Å². The quantitative estimate of drug-likeness (QED) is 0.716. The van der Waals surface area contributed by atoms with Gasteiger partial charge in [-0.3, -0.25) is 19.7 Å². The number of para-hydroxylation sites is 1. The zero-order chi connectivity index (χ0) is 23.1. The standard InChI is InChI=1S/C24H24N4O5/c1-26(17-13-27(14-17)16-5-3-2-4-6-16)24(32)33-18-8-7-15-12-28(23(31)19(15)11-18)20-9-10-21(29)25-22(20)30/h2-8,11,17,20H,9-10,12-14H2,1H3,(H,25,29,30). The number of hydrogen-bond acceptors (Lipinski definition) is 6. The van der Waals surface area contributed by atoms with Crippen molar-refractivity contribution in [3.63, 3.8) is 0 Å². The van der Waals surface area contributed by atoms with Gasteiger partial charge in [0.25, 0.3) is 5.91 Å². The number of benzene rings is 2. The van der Waals surface area contributed by atoms with Crippen LogP contribution in [0.15, 0.2) is 48.5 Å². The number of amides is 4. The molecule has 0 bridgehead atoms. The SMILES string of the molecule is CN(C(=O)Oc1ccc2c(c1)C(=O)N(C1CCC(=O)NC1=O)C2)C1CN(c2ccccc2)C1. The first-order valence-corrected chi connectivity index (χ1v) is 10.9. The number of anilines is 1. The third-order valence-corrected chi connectivity index (χ3v) is 6.52. The number of hydrogen-bond donors (Lipinski definition) is 1. The lowest BCUT2D eigenvalue weighted by molar-refractivity contribution is -0.136. The summed E-state index contributed by atoms with van der Waals surface area (Å²) in [5, 5.41) is 2.29. The fourth-order valence-corrected chi connectivity index (χ4v) is 4.47. The number of fused-ring (bicyclic) bond motifs is 1. The van der Waals surface area contributed by atoms with E-state index in [2.05, 4.69) is 10.2 Å². The summed E-state index contributed by atoms with van der Waals surface area (Å²) in [6.45, 7) is 1.73. The molecular weight excluding hydrogens is 424 g/mol. The molecule has 9 nitrogen and oxygen atoms in total. The normalized spacial score (nSPS) is 20.3. The number of likely N-dealkylation sites (N-methyl/N-ethyl adjacent to an activating group) is 1. The Morgan fingerprint density at radius 1 is 1.09 bits per heavy atom. The molecule has 170 valence electrons. The molecule has 9 heteroatoms. The van der Waals surface area contributed by atoms with E-state index < -0.39 is 18.0 Å². The van der Waals surface area contributed by atoms with Crippen molar-refractivity contribution in [1.82, 2.24) is 15.1 Å². The number of rotatable bonds is 4. The zero-order valence-corrected chi connectivity index (χ0v) is 18.2. The van der Waals surface area contributed by atoms with E-state index in [1.807, 2.05) is 30.3 Å². The fourth-order valence-electron chi connectivity index (χ4n) is 4.47. The van der Waals surface area contributed by atoms with Crippen LogP contribution in [0.5, 0.6) is 5.75 Å². The van der Waals surface area contributed by atoms with Crippen LogP contribution in [0.4, 0.5) is 10.5 Å². The summed E-state index contributed by atoms with van der Waals surface area (Å²) >= 11 is 0. The maximum absolute atomic E-state index is 12.9. The lowest BCUT2D eigenvalue weighted by atomic mass is 10.0. The molecule has 0 spiro atoms. The molecule has 33 heavy (non-hydrogen) atoms. The molecule has 2 fully saturated rings. The first-order valence-electron chi connectivity index (χ1n) is 10.9. The van der Waals surface area contributed by atoms with Crippen molar-refractivity contribution in [1.29, 1.82) is 0 Å². The summed E-state index contributed by atoms with van der Waals surface area (Å²) in [6, 6.07) is 14.3. The van der Waals surface area contributed by atoms with Crippen LogP contribution >= 0.6 is 0 Å². The minimum absolute atomic E-state index is 0.0387. The van der Waals surface area contributed by atoms with Gasteiger partial charge < -0.3 is 19.4 Å². The smallest absolute Gasteiger partial charge is 0.410 e. The molecule has 1 N–H and O–H groups in total. The Bertz CT molecular complexity index is 1130. The van der Waals surface area contributed by atoms with Crippen LogP contribution in [0.1, 0.15) is 28.8 Å². The summed E-state index contributed by atoms with van der Waals surface area (Å²) in [5.41, 5.74) is 2.29.